The van der Waals surface area contributed by atoms with E-state index < -0.39 is 23.2 Å². The SMILES string of the molecule is CC(C)(C)OC(=O)NC1(C(=O)O)CC2COCC(C1)N2Cc1ccccc1. The molecule has 0 aliphatic carbocycles. The molecule has 1 amide bonds. The molecule has 7 heteroatoms. The average molecular weight is 376 g/mol. The number of fused-ring (bicyclic) bond motifs is 2. The van der Waals surface area contributed by atoms with E-state index in [0.29, 0.717) is 13.2 Å². The van der Waals surface area contributed by atoms with E-state index in [1.165, 1.54) is 5.56 Å². The minimum atomic E-state index is -1.34. The van der Waals surface area contributed by atoms with E-state index in [9.17, 15) is 14.7 Å². The molecule has 2 bridgehead atoms. The van der Waals surface area contributed by atoms with Crippen molar-refractivity contribution in [3.8, 4) is 0 Å². The Morgan fingerprint density at radius 3 is 2.33 bits per heavy atom. The third kappa shape index (κ3) is 4.59. The molecule has 2 aliphatic heterocycles. The molecule has 2 heterocycles. The van der Waals surface area contributed by atoms with E-state index in [0.717, 1.165) is 6.54 Å². The van der Waals surface area contributed by atoms with Crippen LogP contribution in [-0.4, -0.2) is 58.5 Å². The van der Waals surface area contributed by atoms with Crippen LogP contribution in [0.5, 0.6) is 0 Å². The van der Waals surface area contributed by atoms with Crippen LogP contribution in [0.15, 0.2) is 30.3 Å². The van der Waals surface area contributed by atoms with Gasteiger partial charge in [-0.15, -0.1) is 0 Å². The van der Waals surface area contributed by atoms with Gasteiger partial charge in [-0.1, -0.05) is 30.3 Å². The van der Waals surface area contributed by atoms with Crippen LogP contribution in [-0.2, 0) is 20.8 Å². The second kappa shape index (κ2) is 7.48. The molecule has 0 radical (unpaired) electrons. The van der Waals surface area contributed by atoms with E-state index in [1.807, 2.05) is 18.2 Å². The van der Waals surface area contributed by atoms with Crippen molar-refractivity contribution in [3.05, 3.63) is 35.9 Å². The van der Waals surface area contributed by atoms with E-state index in [4.69, 9.17) is 9.47 Å². The molecule has 2 unspecified atom stereocenters. The summed E-state index contributed by atoms with van der Waals surface area (Å²) in [6.07, 6.45) is -0.129. The summed E-state index contributed by atoms with van der Waals surface area (Å²) in [5, 5.41) is 12.6. The molecule has 2 N–H and O–H groups in total. The maximum atomic E-state index is 12.3. The third-order valence-corrected chi connectivity index (χ3v) is 5.08. The first-order valence-corrected chi connectivity index (χ1v) is 9.30. The summed E-state index contributed by atoms with van der Waals surface area (Å²) in [5.74, 6) is -1.02. The minimum Gasteiger partial charge on any atom is -0.480 e. The highest BCUT2D eigenvalue weighted by atomic mass is 16.6. The number of carboxylic acid groups (broad SMARTS) is 1. The Labute approximate surface area is 159 Å². The smallest absolute Gasteiger partial charge is 0.408 e. The van der Waals surface area contributed by atoms with Gasteiger partial charge in [-0.2, -0.15) is 0 Å². The first-order valence-electron chi connectivity index (χ1n) is 9.30. The van der Waals surface area contributed by atoms with Crippen molar-refractivity contribution in [2.45, 2.75) is 63.4 Å². The van der Waals surface area contributed by atoms with Crippen LogP contribution in [0, 0.1) is 0 Å². The second-order valence-electron chi connectivity index (χ2n) is 8.43. The Kier molecular flexibility index (Phi) is 5.44. The monoisotopic (exact) mass is 376 g/mol. The molecule has 2 fully saturated rings. The predicted octanol–water partition coefficient (Wildman–Crippen LogP) is 2.40. The largest absolute Gasteiger partial charge is 0.480 e. The van der Waals surface area contributed by atoms with E-state index >= 15 is 0 Å². The fraction of sp³-hybridized carbons (Fsp3) is 0.600. The molecule has 2 aliphatic rings. The third-order valence-electron chi connectivity index (χ3n) is 5.08. The Morgan fingerprint density at radius 1 is 1.22 bits per heavy atom. The van der Waals surface area contributed by atoms with Crippen molar-refractivity contribution < 1.29 is 24.2 Å². The van der Waals surface area contributed by atoms with Gasteiger partial charge >= 0.3 is 12.1 Å². The lowest BCUT2D eigenvalue weighted by Gasteiger charge is -2.52. The number of nitrogens with one attached hydrogen (secondary N) is 1. The highest BCUT2D eigenvalue weighted by Gasteiger charge is 2.52. The molecule has 1 aromatic rings. The summed E-state index contributed by atoms with van der Waals surface area (Å²) in [6, 6.07) is 9.94. The molecule has 148 valence electrons. The molecular formula is C20H28N2O5. The Morgan fingerprint density at radius 2 is 1.81 bits per heavy atom. The summed E-state index contributed by atoms with van der Waals surface area (Å²) < 4.78 is 11.0. The van der Waals surface area contributed by atoms with Gasteiger partial charge in [0.05, 0.1) is 13.2 Å². The highest BCUT2D eigenvalue weighted by Crippen LogP contribution is 2.36. The summed E-state index contributed by atoms with van der Waals surface area (Å²) in [7, 11) is 0. The molecule has 7 nitrogen and oxygen atoms in total. The fourth-order valence-electron chi connectivity index (χ4n) is 3.95. The first-order chi connectivity index (χ1) is 12.7. The Hall–Kier alpha value is -2.12. The number of rotatable bonds is 4. The number of nitrogens with zero attached hydrogens (tertiary/aromatic N) is 1. The number of carbonyl (C=O) groups is 2. The van der Waals surface area contributed by atoms with E-state index in [-0.39, 0.29) is 24.9 Å². The van der Waals surface area contributed by atoms with E-state index in [2.05, 4.69) is 22.3 Å². The van der Waals surface area contributed by atoms with Crippen LogP contribution in [0.25, 0.3) is 0 Å². The molecule has 2 atom stereocenters. The maximum Gasteiger partial charge on any atom is 0.408 e. The number of alkyl carbamates (subject to hydrolysis) is 1. The molecule has 3 rings (SSSR count). The zero-order valence-electron chi connectivity index (χ0n) is 16.1. The summed E-state index contributed by atoms with van der Waals surface area (Å²) >= 11 is 0. The average Bonchev–Trinajstić information content (AvgIpc) is 2.54. The van der Waals surface area contributed by atoms with Gasteiger partial charge in [0.15, 0.2) is 0 Å². The lowest BCUT2D eigenvalue weighted by Crippen LogP contribution is -2.68. The molecule has 0 aromatic heterocycles. The van der Waals surface area contributed by atoms with Crippen LogP contribution in [0.4, 0.5) is 4.79 Å². The number of carbonyl (C=O) groups excluding carboxylic acids is 1. The summed E-state index contributed by atoms with van der Waals surface area (Å²) in [6.45, 7) is 6.91. The summed E-state index contributed by atoms with van der Waals surface area (Å²) in [4.78, 5) is 26.7. The quantitative estimate of drug-likeness (QED) is 0.839. The van der Waals surface area contributed by atoms with Crippen LogP contribution in [0.2, 0.25) is 0 Å². The fourth-order valence-corrected chi connectivity index (χ4v) is 3.95. The Bertz CT molecular complexity index is 671. The normalized spacial score (nSPS) is 28.4. The minimum absolute atomic E-state index is 0.0799. The summed E-state index contributed by atoms with van der Waals surface area (Å²) in [5.41, 5.74) is -0.844. The number of hydrogen-bond donors (Lipinski definition) is 2. The lowest BCUT2D eigenvalue weighted by atomic mass is 9.78. The van der Waals surface area contributed by atoms with Gasteiger partial charge in [0.2, 0.25) is 0 Å². The van der Waals surface area contributed by atoms with Gasteiger partial charge in [-0.05, 0) is 39.2 Å². The van der Waals surface area contributed by atoms with Gasteiger partial charge in [0, 0.05) is 18.6 Å². The van der Waals surface area contributed by atoms with Crippen molar-refractivity contribution in [2.75, 3.05) is 13.2 Å². The van der Waals surface area contributed by atoms with E-state index in [1.54, 1.807) is 20.8 Å². The second-order valence-corrected chi connectivity index (χ2v) is 8.43. The first kappa shape index (κ1) is 19.6. The molecular weight excluding hydrogens is 348 g/mol. The Balaban J connectivity index is 1.77. The number of ether oxygens (including phenoxy) is 2. The van der Waals surface area contributed by atoms with Crippen molar-refractivity contribution in [2.24, 2.45) is 0 Å². The van der Waals surface area contributed by atoms with Crippen molar-refractivity contribution >= 4 is 12.1 Å². The van der Waals surface area contributed by atoms with Crippen molar-refractivity contribution in [1.82, 2.24) is 10.2 Å². The molecule has 27 heavy (non-hydrogen) atoms. The van der Waals surface area contributed by atoms with Gasteiger partial charge in [-0.3, -0.25) is 4.90 Å². The number of aliphatic carboxylic acids is 1. The highest BCUT2D eigenvalue weighted by molar-refractivity contribution is 5.84. The number of benzene rings is 1. The zero-order valence-corrected chi connectivity index (χ0v) is 16.1. The number of piperidine rings is 1. The maximum absolute atomic E-state index is 12.3. The van der Waals surface area contributed by atoms with Crippen LogP contribution < -0.4 is 5.32 Å². The standard InChI is InChI=1S/C20H28N2O5/c1-19(2,3)27-18(25)21-20(17(23)24)9-15-12-26-13-16(10-20)22(15)11-14-7-5-4-6-8-14/h4-8,15-16H,9-13H2,1-3H3,(H,21,25)(H,23,24). The number of hydrogen-bond acceptors (Lipinski definition) is 5. The zero-order chi connectivity index (χ0) is 19.7. The number of amides is 1. The predicted molar refractivity (Wildman–Crippen MR) is 99.4 cm³/mol. The topological polar surface area (TPSA) is 88.1 Å². The van der Waals surface area contributed by atoms with Crippen LogP contribution >= 0.6 is 0 Å². The van der Waals surface area contributed by atoms with Crippen LogP contribution in [0.3, 0.4) is 0 Å². The van der Waals surface area contributed by atoms with Crippen molar-refractivity contribution in [3.63, 3.8) is 0 Å². The van der Waals surface area contributed by atoms with Gasteiger partial charge in [0.25, 0.3) is 0 Å². The molecule has 1 aromatic carbocycles. The lowest BCUT2D eigenvalue weighted by molar-refractivity contribution is -0.157. The molecule has 0 spiro atoms. The van der Waals surface area contributed by atoms with Gasteiger partial charge < -0.3 is 19.9 Å². The van der Waals surface area contributed by atoms with Crippen LogP contribution in [0.1, 0.15) is 39.2 Å². The number of morpholine rings is 1. The van der Waals surface area contributed by atoms with Gasteiger partial charge in [-0.25, -0.2) is 9.59 Å². The van der Waals surface area contributed by atoms with Crippen molar-refractivity contribution in [1.29, 1.82) is 0 Å². The van der Waals surface area contributed by atoms with Gasteiger partial charge in [0.1, 0.15) is 11.1 Å². The molecule has 2 saturated heterocycles. The number of carboxylic acids is 1. The molecule has 0 saturated carbocycles.